The molecule has 1 aromatic rings. The third-order valence-electron chi connectivity index (χ3n) is 14.5. The minimum Gasteiger partial charge on any atom is -0.497 e. The first-order chi connectivity index (χ1) is 27.1. The lowest BCUT2D eigenvalue weighted by atomic mass is 9.77. The highest BCUT2D eigenvalue weighted by molar-refractivity contribution is 6.75. The molecule has 0 aromatic heterocycles. The molecular weight excluding hydrogens is 811 g/mol. The van der Waals surface area contributed by atoms with Gasteiger partial charge in [-0.2, -0.15) is 0 Å². The number of hydroxylamine groups is 2. The molecule has 1 aromatic carbocycles. The van der Waals surface area contributed by atoms with Gasteiger partial charge in [-0.25, -0.2) is 5.06 Å². The predicted octanol–water partition coefficient (Wildman–Crippen LogP) is 10.6. The largest absolute Gasteiger partial charge is 0.497 e. The molecule has 11 nitrogen and oxygen atoms in total. The molecule has 14 heteroatoms. The Kier molecular flexibility index (Phi) is 17.3. The minimum atomic E-state index is -2.47. The second kappa shape index (κ2) is 19.5. The third-order valence-corrected chi connectivity index (χ3v) is 27.9. The van der Waals surface area contributed by atoms with Gasteiger partial charge < -0.3 is 37.0 Å². The van der Waals surface area contributed by atoms with E-state index in [-0.39, 0.29) is 51.3 Å². The Morgan fingerprint density at radius 3 is 1.82 bits per heavy atom. The fourth-order valence-corrected chi connectivity index (χ4v) is 10.6. The van der Waals surface area contributed by atoms with E-state index in [1.54, 1.807) is 14.2 Å². The Hall–Kier alpha value is -1.18. The predicted molar refractivity (Wildman–Crippen MR) is 249 cm³/mol. The first-order valence-electron chi connectivity index (χ1n) is 22.1. The zero-order valence-electron chi connectivity index (χ0n) is 41.9. The lowest BCUT2D eigenvalue weighted by Gasteiger charge is -2.52. The molecule has 8 atom stereocenters. The molecule has 348 valence electrons. The molecule has 0 spiro atoms. The highest BCUT2D eigenvalue weighted by atomic mass is 28.4. The van der Waals surface area contributed by atoms with Crippen LogP contribution in [0.4, 0.5) is 0 Å². The molecule has 2 aliphatic heterocycles. The summed E-state index contributed by atoms with van der Waals surface area (Å²) in [7, 11) is -2.22. The van der Waals surface area contributed by atoms with E-state index in [0.29, 0.717) is 26.4 Å². The summed E-state index contributed by atoms with van der Waals surface area (Å²) < 4.78 is 54.7. The SMILES string of the molecule is COc1ccc(COC[C@H](C)[C@H]2OC2(C)[C@@H](O[Si](C)(C)C(C)(C)C)[C@@H](CO[Si](C)(C)C(C)(C)C)[C@@H]2OC(C)(C)O[C@@H](CC(=O)N(C)OC)[C@H]2CO[Si](C)(C)C(C)(C)C)cc1. The molecule has 60 heavy (non-hydrogen) atoms. The minimum absolute atomic E-state index is 0.0350. The standard InChI is InChI=1S/C46H87NO10Si3/c1-32(28-51-29-33-23-25-34(49-15)26-24-33)40-46(13,56-40)41(57-60(21,22)44(8,9)10)36(31-53-59(19,20)43(5,6)7)39-35(30-52-58(17,18)42(2,3)4)37(54-45(11,12)55-39)27-38(48)47(14)50-16/h23-26,32,35-37,39-41H,27-31H2,1-22H3/t32-,35+,36-,37-,39+,40+,41-,46?/m0/s1. The smallest absolute Gasteiger partial charge is 0.248 e. The van der Waals surface area contributed by atoms with Gasteiger partial charge in [0.25, 0.3) is 0 Å². The molecule has 0 bridgehead atoms. The maximum absolute atomic E-state index is 13.7. The number of carbonyl (C=O) groups is 1. The summed E-state index contributed by atoms with van der Waals surface area (Å²) in [6.45, 7) is 44.1. The Balaban J connectivity index is 2.20. The topological polar surface area (TPSA) is 107 Å². The highest BCUT2D eigenvalue weighted by Gasteiger charge is 2.66. The fourth-order valence-electron chi connectivity index (χ4n) is 7.15. The number of benzene rings is 1. The number of methoxy groups -OCH3 is 1. The number of carbonyl (C=O) groups excluding carboxylic acids is 1. The average molecular weight is 898 g/mol. The Bertz CT molecular complexity index is 1530. The van der Waals surface area contributed by atoms with Crippen LogP contribution in [0.3, 0.4) is 0 Å². The van der Waals surface area contributed by atoms with Gasteiger partial charge in [0.15, 0.2) is 30.7 Å². The van der Waals surface area contributed by atoms with Crippen molar-refractivity contribution in [3.8, 4) is 5.75 Å². The molecule has 2 heterocycles. The highest BCUT2D eigenvalue weighted by Crippen LogP contribution is 2.53. The summed E-state index contributed by atoms with van der Waals surface area (Å²) in [6, 6.07) is 7.98. The molecule has 2 saturated heterocycles. The van der Waals surface area contributed by atoms with Gasteiger partial charge in [0.05, 0.1) is 58.3 Å². The number of hydrogen-bond acceptors (Lipinski definition) is 10. The van der Waals surface area contributed by atoms with Crippen LogP contribution in [-0.2, 0) is 48.5 Å². The van der Waals surface area contributed by atoms with Crippen molar-refractivity contribution in [1.82, 2.24) is 5.06 Å². The van der Waals surface area contributed by atoms with Crippen molar-refractivity contribution in [3.05, 3.63) is 29.8 Å². The van der Waals surface area contributed by atoms with Crippen molar-refractivity contribution in [2.24, 2.45) is 17.8 Å². The second-order valence-corrected chi connectivity index (χ2v) is 37.1. The maximum atomic E-state index is 13.7. The summed E-state index contributed by atoms with van der Waals surface area (Å²) in [5, 5.41) is 1.11. The molecule has 0 aliphatic carbocycles. The Morgan fingerprint density at radius 2 is 1.32 bits per heavy atom. The summed E-state index contributed by atoms with van der Waals surface area (Å²) in [5.74, 6) is -0.977. The van der Waals surface area contributed by atoms with E-state index in [4.69, 9.17) is 41.8 Å². The normalized spacial score (nSPS) is 25.7. The van der Waals surface area contributed by atoms with Crippen LogP contribution in [-0.4, -0.2) is 113 Å². The number of nitrogens with zero attached hydrogens (tertiary/aromatic N) is 1. The lowest BCUT2D eigenvalue weighted by molar-refractivity contribution is -0.338. The van der Waals surface area contributed by atoms with Crippen LogP contribution < -0.4 is 4.74 Å². The molecule has 0 N–H and O–H groups in total. The van der Waals surface area contributed by atoms with Crippen LogP contribution in [0.15, 0.2) is 24.3 Å². The van der Waals surface area contributed by atoms with Crippen LogP contribution in [0.2, 0.25) is 54.4 Å². The number of ether oxygens (including phenoxy) is 5. The van der Waals surface area contributed by atoms with E-state index in [0.717, 1.165) is 11.3 Å². The number of rotatable bonds is 20. The molecular formula is C46H87NO10Si3. The quantitative estimate of drug-likeness (QED) is 0.0713. The van der Waals surface area contributed by atoms with Crippen LogP contribution in [0.25, 0.3) is 0 Å². The van der Waals surface area contributed by atoms with Crippen molar-refractivity contribution < 1.29 is 46.6 Å². The number of amides is 1. The van der Waals surface area contributed by atoms with Gasteiger partial charge in [0.1, 0.15) is 11.4 Å². The van der Waals surface area contributed by atoms with E-state index in [9.17, 15) is 4.79 Å². The van der Waals surface area contributed by atoms with Gasteiger partial charge in [0, 0.05) is 38.0 Å². The second-order valence-electron chi connectivity index (χ2n) is 22.7. The van der Waals surface area contributed by atoms with E-state index < -0.39 is 54.7 Å². The molecule has 2 fully saturated rings. The number of hydrogen-bond donors (Lipinski definition) is 0. The molecule has 1 amide bonds. The molecule has 2 aliphatic rings. The van der Waals surface area contributed by atoms with Crippen LogP contribution in [0, 0.1) is 17.8 Å². The lowest BCUT2D eigenvalue weighted by Crippen LogP contribution is -2.62. The number of epoxide rings is 1. The summed E-state index contributed by atoms with van der Waals surface area (Å²) in [5.41, 5.74) is 0.400. The van der Waals surface area contributed by atoms with Crippen molar-refractivity contribution in [2.45, 2.75) is 193 Å². The zero-order valence-corrected chi connectivity index (χ0v) is 44.9. The maximum Gasteiger partial charge on any atom is 0.248 e. The summed E-state index contributed by atoms with van der Waals surface area (Å²) in [4.78, 5) is 19.1. The Labute approximate surface area is 368 Å². The molecule has 1 unspecified atom stereocenters. The van der Waals surface area contributed by atoms with Crippen LogP contribution in [0.5, 0.6) is 5.75 Å². The van der Waals surface area contributed by atoms with Crippen LogP contribution >= 0.6 is 0 Å². The van der Waals surface area contributed by atoms with Gasteiger partial charge in [-0.15, -0.1) is 0 Å². The first-order valence-corrected chi connectivity index (χ1v) is 30.9. The van der Waals surface area contributed by atoms with E-state index in [1.807, 2.05) is 38.1 Å². The van der Waals surface area contributed by atoms with Crippen molar-refractivity contribution in [2.75, 3.05) is 41.1 Å². The van der Waals surface area contributed by atoms with Gasteiger partial charge in [-0.3, -0.25) is 9.63 Å². The monoisotopic (exact) mass is 898 g/mol. The molecule has 0 radical (unpaired) electrons. The van der Waals surface area contributed by atoms with Gasteiger partial charge >= 0.3 is 0 Å². The van der Waals surface area contributed by atoms with Crippen molar-refractivity contribution >= 4 is 30.9 Å². The fraction of sp³-hybridized carbons (Fsp3) is 0.848. The summed E-state index contributed by atoms with van der Waals surface area (Å²) >= 11 is 0. The Morgan fingerprint density at radius 1 is 0.783 bits per heavy atom. The van der Waals surface area contributed by atoms with Crippen LogP contribution in [0.1, 0.15) is 102 Å². The first kappa shape index (κ1) is 53.2. The van der Waals surface area contributed by atoms with Gasteiger partial charge in [0.2, 0.25) is 5.91 Å². The molecule has 3 rings (SSSR count). The zero-order chi connectivity index (χ0) is 46.1. The average Bonchev–Trinajstić information content (AvgIpc) is 3.81. The molecule has 0 saturated carbocycles. The summed E-state index contributed by atoms with van der Waals surface area (Å²) in [6.07, 6.45) is -1.48. The van der Waals surface area contributed by atoms with Gasteiger partial charge in [-0.05, 0) is 92.9 Å². The van der Waals surface area contributed by atoms with Crippen molar-refractivity contribution in [3.63, 3.8) is 0 Å². The third kappa shape index (κ3) is 13.2. The van der Waals surface area contributed by atoms with E-state index in [1.165, 1.54) is 12.2 Å². The van der Waals surface area contributed by atoms with Crippen molar-refractivity contribution in [1.29, 1.82) is 0 Å². The van der Waals surface area contributed by atoms with E-state index in [2.05, 4.69) is 115 Å². The van der Waals surface area contributed by atoms with Gasteiger partial charge in [-0.1, -0.05) is 81.4 Å². The van der Waals surface area contributed by atoms with E-state index >= 15 is 0 Å².